The topological polar surface area (TPSA) is 80.3 Å². The van der Waals surface area contributed by atoms with E-state index in [4.69, 9.17) is 0 Å². The Balaban J connectivity index is 1.91. The van der Waals surface area contributed by atoms with Gasteiger partial charge in [0.15, 0.2) is 17.3 Å². The van der Waals surface area contributed by atoms with Crippen LogP contribution in [0.5, 0.6) is 0 Å². The molecule has 2 aromatic carbocycles. The average Bonchev–Trinajstić information content (AvgIpc) is 2.72. The number of benzene rings is 2. The van der Waals surface area contributed by atoms with E-state index >= 15 is 0 Å². The summed E-state index contributed by atoms with van der Waals surface area (Å²) in [5.74, 6) is -1.88. The van der Waals surface area contributed by atoms with Gasteiger partial charge in [-0.1, -0.05) is 51.8 Å². The van der Waals surface area contributed by atoms with Crippen LogP contribution in [0.4, 0.5) is 5.69 Å². The van der Waals surface area contributed by atoms with Crippen molar-refractivity contribution in [3.8, 4) is 0 Å². The van der Waals surface area contributed by atoms with Gasteiger partial charge in [-0.3, -0.25) is 19.2 Å². The van der Waals surface area contributed by atoms with Crippen LogP contribution in [0.1, 0.15) is 57.8 Å². The highest BCUT2D eigenvalue weighted by atomic mass is 79.9. The van der Waals surface area contributed by atoms with Crippen molar-refractivity contribution in [2.45, 2.75) is 26.7 Å². The van der Waals surface area contributed by atoms with Crippen LogP contribution >= 0.6 is 15.9 Å². The molecule has 0 aromatic heterocycles. The Labute approximate surface area is 182 Å². The maximum Gasteiger partial charge on any atom is 0.221 e. The van der Waals surface area contributed by atoms with Crippen molar-refractivity contribution in [3.63, 3.8) is 0 Å². The van der Waals surface area contributed by atoms with E-state index in [0.29, 0.717) is 27.7 Å². The summed E-state index contributed by atoms with van der Waals surface area (Å²) < 4.78 is 0.514. The van der Waals surface area contributed by atoms with E-state index < -0.39 is 17.1 Å². The van der Waals surface area contributed by atoms with Gasteiger partial charge in [0.05, 0.1) is 0 Å². The maximum atomic E-state index is 13.9. The highest BCUT2D eigenvalue weighted by Gasteiger charge is 2.58. The zero-order valence-electron chi connectivity index (χ0n) is 16.6. The summed E-state index contributed by atoms with van der Waals surface area (Å²) in [6.07, 6.45) is 2.44. The lowest BCUT2D eigenvalue weighted by Gasteiger charge is -2.43. The highest BCUT2D eigenvalue weighted by Crippen LogP contribution is 2.51. The van der Waals surface area contributed by atoms with Crippen molar-refractivity contribution in [1.29, 1.82) is 0 Å². The molecule has 0 fully saturated rings. The largest absolute Gasteiger partial charge is 0.326 e. The fourth-order valence-electron chi connectivity index (χ4n) is 4.52. The van der Waals surface area contributed by atoms with Gasteiger partial charge in [0.2, 0.25) is 5.91 Å². The van der Waals surface area contributed by atoms with Crippen LogP contribution in [0.2, 0.25) is 0 Å². The number of hydrogen-bond acceptors (Lipinski definition) is 4. The Kier molecular flexibility index (Phi) is 5.06. The fourth-order valence-corrected chi connectivity index (χ4v) is 4.95. The molecule has 0 spiro atoms. The summed E-state index contributed by atoms with van der Waals surface area (Å²) in [6.45, 7) is 3.30. The van der Waals surface area contributed by atoms with E-state index in [2.05, 4.69) is 21.2 Å². The molecule has 0 heterocycles. The predicted molar refractivity (Wildman–Crippen MR) is 117 cm³/mol. The van der Waals surface area contributed by atoms with Crippen LogP contribution in [0.3, 0.4) is 0 Å². The lowest BCUT2D eigenvalue weighted by atomic mass is 9.55. The molecule has 0 bridgehead atoms. The van der Waals surface area contributed by atoms with E-state index in [0.717, 1.165) is 5.57 Å². The minimum absolute atomic E-state index is 0.167. The molecule has 1 N–H and O–H groups in total. The summed E-state index contributed by atoms with van der Waals surface area (Å²) >= 11 is 3.41. The number of Topliss-reactive ketones (excluding diaryl/α,β-unsaturated/α-hetero) is 3. The molecule has 30 heavy (non-hydrogen) atoms. The molecular formula is C24H20BrNO4. The van der Waals surface area contributed by atoms with Gasteiger partial charge in [0.25, 0.3) is 0 Å². The Bertz CT molecular complexity index is 1150. The van der Waals surface area contributed by atoms with Crippen molar-refractivity contribution in [1.82, 2.24) is 0 Å². The normalized spacial score (nSPS) is 22.6. The minimum atomic E-state index is -1.48. The van der Waals surface area contributed by atoms with Gasteiger partial charge in [-0.05, 0) is 38.0 Å². The number of carbonyl (C=O) groups excluding carboxylic acids is 4. The first-order valence-electron chi connectivity index (χ1n) is 9.71. The Morgan fingerprint density at radius 1 is 1.10 bits per heavy atom. The zero-order chi connectivity index (χ0) is 21.6. The summed E-state index contributed by atoms with van der Waals surface area (Å²) in [7, 11) is 0. The number of fused-ring (bicyclic) bond motifs is 2. The minimum Gasteiger partial charge on any atom is -0.326 e. The van der Waals surface area contributed by atoms with Gasteiger partial charge in [-0.2, -0.15) is 0 Å². The van der Waals surface area contributed by atoms with Gasteiger partial charge in [-0.15, -0.1) is 0 Å². The molecule has 5 nitrogen and oxygen atoms in total. The first-order chi connectivity index (χ1) is 14.3. The van der Waals surface area contributed by atoms with Gasteiger partial charge in [0.1, 0.15) is 5.41 Å². The first-order valence-corrected chi connectivity index (χ1v) is 10.5. The van der Waals surface area contributed by atoms with Gasteiger partial charge >= 0.3 is 0 Å². The number of allylic oxidation sites excluding steroid dienone is 2. The molecule has 2 aliphatic carbocycles. The van der Waals surface area contributed by atoms with Crippen LogP contribution < -0.4 is 5.32 Å². The highest BCUT2D eigenvalue weighted by molar-refractivity contribution is 9.10. The second kappa shape index (κ2) is 7.43. The van der Waals surface area contributed by atoms with Gasteiger partial charge in [-0.25, -0.2) is 0 Å². The van der Waals surface area contributed by atoms with Crippen molar-refractivity contribution >= 4 is 44.9 Å². The lowest BCUT2D eigenvalue weighted by molar-refractivity contribution is -0.114. The number of hydrogen-bond donors (Lipinski definition) is 1. The smallest absolute Gasteiger partial charge is 0.221 e. The molecule has 0 unspecified atom stereocenters. The molecule has 0 radical (unpaired) electrons. The molecule has 1 amide bonds. The Morgan fingerprint density at radius 2 is 1.80 bits per heavy atom. The maximum absolute atomic E-state index is 13.9. The molecule has 2 aromatic rings. The number of carbonyl (C=O) groups is 4. The van der Waals surface area contributed by atoms with E-state index in [-0.39, 0.29) is 29.5 Å². The van der Waals surface area contributed by atoms with Crippen molar-refractivity contribution in [2.75, 3.05) is 5.32 Å². The van der Waals surface area contributed by atoms with Crippen LogP contribution in [0.15, 0.2) is 58.6 Å². The van der Waals surface area contributed by atoms with E-state index in [1.165, 1.54) is 6.92 Å². The molecule has 0 saturated heterocycles. The number of amides is 1. The predicted octanol–water partition coefficient (Wildman–Crippen LogP) is 5.01. The molecule has 0 saturated carbocycles. The third-order valence-electron chi connectivity index (χ3n) is 5.99. The van der Waals surface area contributed by atoms with Crippen LogP contribution in [0, 0.1) is 11.3 Å². The quantitative estimate of drug-likeness (QED) is 0.392. The number of nitrogens with one attached hydrogen (secondary N) is 1. The summed E-state index contributed by atoms with van der Waals surface area (Å²) in [6, 6.07) is 11.6. The van der Waals surface area contributed by atoms with E-state index in [9.17, 15) is 19.2 Å². The number of ketones is 3. The number of rotatable bonds is 3. The van der Waals surface area contributed by atoms with E-state index in [1.54, 1.807) is 42.5 Å². The Morgan fingerprint density at radius 3 is 2.50 bits per heavy atom. The molecule has 2 atom stereocenters. The third-order valence-corrected chi connectivity index (χ3v) is 6.68. The van der Waals surface area contributed by atoms with Crippen LogP contribution in [-0.4, -0.2) is 23.3 Å². The zero-order valence-corrected chi connectivity index (χ0v) is 18.2. The Hall–Kier alpha value is -2.86. The second-order valence-corrected chi connectivity index (χ2v) is 8.78. The standard InChI is InChI=1S/C24H20BrNO4/c1-13-9-10-24(23(30)18-12-15(26-14(2)27)7-8-20(18)25)19(11-13)21(28)16-5-3-4-6-17(16)22(24)29/h3-9,12,19H,10-11H2,1-2H3,(H,26,27)/t19-,24+/m0/s1. The average molecular weight is 466 g/mol. The van der Waals surface area contributed by atoms with Crippen molar-refractivity contribution < 1.29 is 19.2 Å². The number of halogens is 1. The van der Waals surface area contributed by atoms with Crippen molar-refractivity contribution in [2.24, 2.45) is 11.3 Å². The first kappa shape index (κ1) is 20.4. The molecule has 152 valence electrons. The lowest BCUT2D eigenvalue weighted by Crippen LogP contribution is -2.53. The SMILES string of the molecule is CC(=O)Nc1ccc(Br)c(C(=O)[C@]23CC=C(C)C[C@H]2C(=O)c2ccccc2C3=O)c1. The monoisotopic (exact) mass is 465 g/mol. The third kappa shape index (κ3) is 3.06. The van der Waals surface area contributed by atoms with Gasteiger partial charge < -0.3 is 5.32 Å². The fraction of sp³-hybridized carbons (Fsp3) is 0.250. The van der Waals surface area contributed by atoms with E-state index in [1.807, 2.05) is 13.0 Å². The summed E-state index contributed by atoms with van der Waals surface area (Å²) in [5.41, 5.74) is 0.933. The van der Waals surface area contributed by atoms with Crippen molar-refractivity contribution in [3.05, 3.63) is 75.3 Å². The molecule has 2 aliphatic rings. The summed E-state index contributed by atoms with van der Waals surface area (Å²) in [4.78, 5) is 52.5. The van der Waals surface area contributed by atoms with Crippen LogP contribution in [-0.2, 0) is 4.79 Å². The van der Waals surface area contributed by atoms with Crippen LogP contribution in [0.25, 0.3) is 0 Å². The second-order valence-electron chi connectivity index (χ2n) is 7.93. The number of anilines is 1. The molecule has 0 aliphatic heterocycles. The molecular weight excluding hydrogens is 446 g/mol. The molecule has 4 rings (SSSR count). The summed E-state index contributed by atoms with van der Waals surface area (Å²) in [5, 5.41) is 2.67. The molecule has 6 heteroatoms. The van der Waals surface area contributed by atoms with Gasteiger partial charge in [0, 0.05) is 39.7 Å².